The van der Waals surface area contributed by atoms with Gasteiger partial charge in [0.25, 0.3) is 0 Å². The van der Waals surface area contributed by atoms with Gasteiger partial charge in [0.15, 0.2) is 0 Å². The van der Waals surface area contributed by atoms with Crippen LogP contribution in [0, 0.1) is 5.92 Å². The molecule has 3 rings (SSSR count). The Labute approximate surface area is 113 Å². The van der Waals surface area contributed by atoms with Crippen molar-refractivity contribution in [1.29, 1.82) is 0 Å². The van der Waals surface area contributed by atoms with Crippen molar-refractivity contribution in [2.75, 3.05) is 0 Å². The average molecular weight is 265 g/mol. The fourth-order valence-corrected chi connectivity index (χ4v) is 3.67. The molecular weight excluding hydrogens is 242 g/mol. The van der Waals surface area contributed by atoms with Gasteiger partial charge in [0.05, 0.1) is 0 Å². The second-order valence-corrected chi connectivity index (χ2v) is 6.48. The minimum Gasteiger partial charge on any atom is -0.342 e. The van der Waals surface area contributed by atoms with Crippen LogP contribution in [0.3, 0.4) is 0 Å². The first-order chi connectivity index (χ1) is 9.09. The Bertz CT molecular complexity index is 392. The van der Waals surface area contributed by atoms with Crippen LogP contribution in [-0.4, -0.2) is 29.4 Å². The summed E-state index contributed by atoms with van der Waals surface area (Å²) in [6.07, 6.45) is 7.65. The first kappa shape index (κ1) is 12.9. The molecule has 1 saturated heterocycles. The molecule has 3 unspecified atom stereocenters. The van der Waals surface area contributed by atoms with E-state index in [2.05, 4.69) is 10.6 Å². The largest absolute Gasteiger partial charge is 0.342 e. The van der Waals surface area contributed by atoms with Crippen LogP contribution in [0.1, 0.15) is 51.4 Å². The van der Waals surface area contributed by atoms with Gasteiger partial charge in [-0.1, -0.05) is 12.8 Å². The highest BCUT2D eigenvalue weighted by molar-refractivity contribution is 6.00. The number of nitrogens with one attached hydrogen (secondary N) is 2. The maximum absolute atomic E-state index is 12.1. The Balaban J connectivity index is 1.59. The predicted molar refractivity (Wildman–Crippen MR) is 71.2 cm³/mol. The molecule has 0 bridgehead atoms. The molecule has 2 amide bonds. The van der Waals surface area contributed by atoms with Gasteiger partial charge in [-0.05, 0) is 44.4 Å². The lowest BCUT2D eigenvalue weighted by Crippen LogP contribution is -2.72. The number of amides is 2. The first-order valence-electron chi connectivity index (χ1n) is 7.48. The van der Waals surface area contributed by atoms with Crippen molar-refractivity contribution in [2.24, 2.45) is 11.7 Å². The van der Waals surface area contributed by atoms with E-state index in [0.717, 1.165) is 51.4 Å². The van der Waals surface area contributed by atoms with E-state index in [9.17, 15) is 9.59 Å². The lowest BCUT2D eigenvalue weighted by Gasteiger charge is -2.46. The predicted octanol–water partition coefficient (Wildman–Crippen LogP) is 0.431. The fraction of sp³-hybridized carbons (Fsp3) is 0.857. The molecule has 4 N–H and O–H groups in total. The Morgan fingerprint density at radius 3 is 2.63 bits per heavy atom. The zero-order valence-corrected chi connectivity index (χ0v) is 11.3. The summed E-state index contributed by atoms with van der Waals surface area (Å²) in [4.78, 5) is 24.3. The lowest BCUT2D eigenvalue weighted by atomic mass is 9.73. The van der Waals surface area contributed by atoms with E-state index in [4.69, 9.17) is 5.73 Å². The Hall–Kier alpha value is -1.10. The minimum absolute atomic E-state index is 0.00144. The fourth-order valence-electron chi connectivity index (χ4n) is 3.67. The van der Waals surface area contributed by atoms with Gasteiger partial charge in [-0.3, -0.25) is 9.59 Å². The summed E-state index contributed by atoms with van der Waals surface area (Å²) in [5, 5.41) is 5.88. The van der Waals surface area contributed by atoms with Crippen LogP contribution in [0.5, 0.6) is 0 Å². The number of carbonyl (C=O) groups is 2. The third-order valence-corrected chi connectivity index (χ3v) is 5.02. The first-order valence-corrected chi connectivity index (χ1v) is 7.48. The monoisotopic (exact) mass is 265 g/mol. The number of carbonyl (C=O) groups excluding carboxylic acids is 2. The topological polar surface area (TPSA) is 84.2 Å². The third kappa shape index (κ3) is 2.36. The standard InChI is InChI=1S/C14H23N3O2/c15-10-4-1-3-9(7-10)8-11-12(18)17-14(5-2-6-14)13(19)16-11/h9-11H,1-8,15H2,(H,16,19)(H,17,18). The molecular formula is C14H23N3O2. The molecule has 3 fully saturated rings. The Kier molecular flexibility index (Phi) is 3.25. The van der Waals surface area contributed by atoms with Crippen LogP contribution in [-0.2, 0) is 9.59 Å². The van der Waals surface area contributed by atoms with Crippen molar-refractivity contribution in [1.82, 2.24) is 10.6 Å². The molecule has 1 aliphatic heterocycles. The van der Waals surface area contributed by atoms with E-state index in [1.165, 1.54) is 0 Å². The summed E-state index contributed by atoms with van der Waals surface area (Å²) in [5.74, 6) is 0.483. The number of hydrogen-bond acceptors (Lipinski definition) is 3. The quantitative estimate of drug-likeness (QED) is 0.677. The van der Waals surface area contributed by atoms with Gasteiger partial charge in [0.1, 0.15) is 11.6 Å². The summed E-state index contributed by atoms with van der Waals surface area (Å²) >= 11 is 0. The van der Waals surface area contributed by atoms with Crippen LogP contribution in [0.2, 0.25) is 0 Å². The molecule has 0 aromatic heterocycles. The molecule has 1 spiro atoms. The maximum Gasteiger partial charge on any atom is 0.246 e. The van der Waals surface area contributed by atoms with Gasteiger partial charge in [-0.25, -0.2) is 0 Å². The Morgan fingerprint density at radius 2 is 2.00 bits per heavy atom. The molecule has 0 aromatic rings. The van der Waals surface area contributed by atoms with Crippen LogP contribution in [0.25, 0.3) is 0 Å². The highest BCUT2D eigenvalue weighted by atomic mass is 16.2. The summed E-state index contributed by atoms with van der Waals surface area (Å²) in [6.45, 7) is 0. The van der Waals surface area contributed by atoms with Crippen molar-refractivity contribution >= 4 is 11.8 Å². The molecule has 2 aliphatic carbocycles. The third-order valence-electron chi connectivity index (χ3n) is 5.02. The van der Waals surface area contributed by atoms with Gasteiger partial charge < -0.3 is 16.4 Å². The van der Waals surface area contributed by atoms with Gasteiger partial charge in [-0.15, -0.1) is 0 Å². The van der Waals surface area contributed by atoms with E-state index in [0.29, 0.717) is 5.92 Å². The summed E-state index contributed by atoms with van der Waals surface area (Å²) < 4.78 is 0. The van der Waals surface area contributed by atoms with Crippen LogP contribution in [0.4, 0.5) is 0 Å². The highest BCUT2D eigenvalue weighted by Gasteiger charge is 2.50. The van der Waals surface area contributed by atoms with Crippen molar-refractivity contribution < 1.29 is 9.59 Å². The molecule has 5 nitrogen and oxygen atoms in total. The van der Waals surface area contributed by atoms with Crippen molar-refractivity contribution in [3.05, 3.63) is 0 Å². The van der Waals surface area contributed by atoms with Gasteiger partial charge in [0.2, 0.25) is 11.8 Å². The molecule has 0 radical (unpaired) electrons. The van der Waals surface area contributed by atoms with E-state index in [1.807, 2.05) is 0 Å². The lowest BCUT2D eigenvalue weighted by molar-refractivity contribution is -0.145. The molecule has 3 aliphatic rings. The van der Waals surface area contributed by atoms with E-state index in [1.54, 1.807) is 0 Å². The molecule has 19 heavy (non-hydrogen) atoms. The van der Waals surface area contributed by atoms with E-state index < -0.39 is 5.54 Å². The van der Waals surface area contributed by atoms with Crippen LogP contribution in [0.15, 0.2) is 0 Å². The maximum atomic E-state index is 12.1. The van der Waals surface area contributed by atoms with Crippen molar-refractivity contribution in [2.45, 2.75) is 69.0 Å². The van der Waals surface area contributed by atoms with Crippen LogP contribution >= 0.6 is 0 Å². The smallest absolute Gasteiger partial charge is 0.246 e. The summed E-state index contributed by atoms with van der Waals surface area (Å²) in [5.41, 5.74) is 5.41. The zero-order valence-electron chi connectivity index (χ0n) is 11.3. The SMILES string of the molecule is NC1CCCC(CC2NC(=O)C3(CCC3)NC2=O)C1. The molecule has 106 valence electrons. The summed E-state index contributed by atoms with van der Waals surface area (Å²) in [7, 11) is 0. The molecule has 2 saturated carbocycles. The van der Waals surface area contributed by atoms with Crippen molar-refractivity contribution in [3.8, 4) is 0 Å². The van der Waals surface area contributed by atoms with Crippen LogP contribution < -0.4 is 16.4 Å². The molecule has 1 heterocycles. The molecule has 3 atom stereocenters. The average Bonchev–Trinajstić information content (AvgIpc) is 2.31. The second-order valence-electron chi connectivity index (χ2n) is 6.48. The second kappa shape index (κ2) is 4.78. The molecule has 5 heteroatoms. The van der Waals surface area contributed by atoms with Gasteiger partial charge >= 0.3 is 0 Å². The van der Waals surface area contributed by atoms with Gasteiger partial charge in [-0.2, -0.15) is 0 Å². The number of hydrogen-bond donors (Lipinski definition) is 3. The highest BCUT2D eigenvalue weighted by Crippen LogP contribution is 2.35. The minimum atomic E-state index is -0.573. The molecule has 0 aromatic carbocycles. The summed E-state index contributed by atoms with van der Waals surface area (Å²) in [6, 6.07) is -0.0897. The van der Waals surface area contributed by atoms with Crippen molar-refractivity contribution in [3.63, 3.8) is 0 Å². The number of rotatable bonds is 2. The Morgan fingerprint density at radius 1 is 1.21 bits per heavy atom. The number of piperazine rings is 1. The van der Waals surface area contributed by atoms with E-state index >= 15 is 0 Å². The zero-order chi connectivity index (χ0) is 13.5. The number of nitrogens with two attached hydrogens (primary N) is 1. The van der Waals surface area contributed by atoms with E-state index in [-0.39, 0.29) is 23.9 Å². The van der Waals surface area contributed by atoms with Gasteiger partial charge in [0, 0.05) is 6.04 Å². The normalized spacial score (nSPS) is 37.4.